The van der Waals surface area contributed by atoms with Crippen LogP contribution in [-0.2, 0) is 11.2 Å². The zero-order chi connectivity index (χ0) is 19.6. The van der Waals surface area contributed by atoms with Crippen LogP contribution in [0.1, 0.15) is 25.0 Å². The van der Waals surface area contributed by atoms with Crippen LogP contribution in [-0.4, -0.2) is 50.4 Å². The van der Waals surface area contributed by atoms with E-state index in [1.54, 1.807) is 12.1 Å². The third-order valence-corrected chi connectivity index (χ3v) is 6.59. The molecule has 2 atom stereocenters. The van der Waals surface area contributed by atoms with Crippen LogP contribution < -0.4 is 15.1 Å². The first-order valence-corrected chi connectivity index (χ1v) is 10.8. The lowest BCUT2D eigenvalue weighted by Crippen LogP contribution is -2.48. The second-order valence-corrected chi connectivity index (χ2v) is 8.40. The van der Waals surface area contributed by atoms with Gasteiger partial charge in [0.25, 0.3) is 0 Å². The highest BCUT2D eigenvalue weighted by atomic mass is 19.1. The van der Waals surface area contributed by atoms with Gasteiger partial charge in [-0.1, -0.05) is 6.07 Å². The van der Waals surface area contributed by atoms with Crippen molar-refractivity contribution in [2.75, 3.05) is 54.5 Å². The molecule has 0 saturated carbocycles. The maximum Gasteiger partial charge on any atom is 0.125 e. The number of hydrogen-bond donors (Lipinski definition) is 1. The molecule has 1 aromatic heterocycles. The molecule has 0 aliphatic carbocycles. The third-order valence-electron chi connectivity index (χ3n) is 6.59. The molecule has 0 spiro atoms. The van der Waals surface area contributed by atoms with Crippen molar-refractivity contribution in [3.63, 3.8) is 0 Å². The lowest BCUT2D eigenvalue weighted by molar-refractivity contribution is 0.122. The summed E-state index contributed by atoms with van der Waals surface area (Å²) in [6, 6.07) is 9.60. The Balaban J connectivity index is 1.38. The number of benzene rings is 1. The SMILES string of the molecule is Fc1cccc(N2CCC3CCCc4ncc(N5CCOCC5)cc4N[C@H]3C2)c1. The van der Waals surface area contributed by atoms with E-state index >= 15 is 0 Å². The van der Waals surface area contributed by atoms with E-state index in [1.165, 1.54) is 36.0 Å². The Hall–Kier alpha value is -2.34. The van der Waals surface area contributed by atoms with Gasteiger partial charge in [0.2, 0.25) is 0 Å². The Morgan fingerprint density at radius 3 is 2.79 bits per heavy atom. The number of nitrogens with one attached hydrogen (secondary N) is 1. The number of aryl methyl sites for hydroxylation is 1. The molecule has 1 aromatic carbocycles. The van der Waals surface area contributed by atoms with Crippen molar-refractivity contribution in [1.82, 2.24) is 4.98 Å². The Labute approximate surface area is 171 Å². The average Bonchev–Trinajstić information content (AvgIpc) is 2.74. The number of nitrogens with zero attached hydrogens (tertiary/aromatic N) is 3. The molecule has 1 N–H and O–H groups in total. The minimum Gasteiger partial charge on any atom is -0.379 e. The van der Waals surface area contributed by atoms with E-state index in [0.29, 0.717) is 12.0 Å². The zero-order valence-corrected chi connectivity index (χ0v) is 16.8. The first-order valence-electron chi connectivity index (χ1n) is 10.8. The van der Waals surface area contributed by atoms with Crippen LogP contribution in [0.5, 0.6) is 0 Å². The van der Waals surface area contributed by atoms with Gasteiger partial charge in [-0.25, -0.2) is 4.39 Å². The molecule has 154 valence electrons. The van der Waals surface area contributed by atoms with Crippen molar-refractivity contribution in [1.29, 1.82) is 0 Å². The van der Waals surface area contributed by atoms with Gasteiger partial charge in [0.15, 0.2) is 0 Å². The Bertz CT molecular complexity index is 855. The number of hydrogen-bond acceptors (Lipinski definition) is 5. The van der Waals surface area contributed by atoms with Gasteiger partial charge in [-0.2, -0.15) is 0 Å². The minimum absolute atomic E-state index is 0.167. The number of anilines is 3. The molecular formula is C23H29FN4O. The summed E-state index contributed by atoms with van der Waals surface area (Å²) < 4.78 is 19.2. The van der Waals surface area contributed by atoms with E-state index in [1.807, 2.05) is 12.3 Å². The second-order valence-electron chi connectivity index (χ2n) is 8.40. The minimum atomic E-state index is -0.167. The Morgan fingerprint density at radius 1 is 1.03 bits per heavy atom. The van der Waals surface area contributed by atoms with Gasteiger partial charge in [-0.15, -0.1) is 0 Å². The topological polar surface area (TPSA) is 40.6 Å². The summed E-state index contributed by atoms with van der Waals surface area (Å²) in [5.41, 5.74) is 4.50. The molecule has 2 aromatic rings. The van der Waals surface area contributed by atoms with Crippen LogP contribution >= 0.6 is 0 Å². The molecule has 5 nitrogen and oxygen atoms in total. The number of morpholine rings is 1. The first-order chi connectivity index (χ1) is 14.3. The highest BCUT2D eigenvalue weighted by molar-refractivity contribution is 5.61. The number of pyridine rings is 1. The van der Waals surface area contributed by atoms with Crippen LogP contribution in [0.15, 0.2) is 36.5 Å². The smallest absolute Gasteiger partial charge is 0.125 e. The van der Waals surface area contributed by atoms with Crippen molar-refractivity contribution >= 4 is 17.1 Å². The van der Waals surface area contributed by atoms with Crippen molar-refractivity contribution in [2.45, 2.75) is 31.7 Å². The van der Waals surface area contributed by atoms with E-state index in [0.717, 1.165) is 57.9 Å². The zero-order valence-electron chi connectivity index (χ0n) is 16.8. The van der Waals surface area contributed by atoms with Crippen molar-refractivity contribution in [3.8, 4) is 0 Å². The number of aromatic nitrogens is 1. The van der Waals surface area contributed by atoms with Crippen LogP contribution in [0, 0.1) is 11.7 Å². The Kier molecular flexibility index (Phi) is 5.27. The normalized spacial score (nSPS) is 24.7. The average molecular weight is 397 g/mol. The molecule has 2 fully saturated rings. The van der Waals surface area contributed by atoms with Gasteiger partial charge in [0, 0.05) is 37.9 Å². The number of fused-ring (bicyclic) bond motifs is 2. The van der Waals surface area contributed by atoms with Gasteiger partial charge < -0.3 is 19.9 Å². The van der Waals surface area contributed by atoms with E-state index < -0.39 is 0 Å². The van der Waals surface area contributed by atoms with Crippen LogP contribution in [0.4, 0.5) is 21.5 Å². The largest absolute Gasteiger partial charge is 0.379 e. The highest BCUT2D eigenvalue weighted by Crippen LogP contribution is 2.33. The monoisotopic (exact) mass is 396 g/mol. The lowest BCUT2D eigenvalue weighted by atomic mass is 9.85. The quantitative estimate of drug-likeness (QED) is 0.838. The molecule has 0 radical (unpaired) electrons. The molecule has 3 aliphatic rings. The predicted octanol–water partition coefficient (Wildman–Crippen LogP) is 3.70. The van der Waals surface area contributed by atoms with E-state index in [9.17, 15) is 4.39 Å². The fourth-order valence-corrected chi connectivity index (χ4v) is 4.95. The van der Waals surface area contributed by atoms with Crippen LogP contribution in [0.3, 0.4) is 0 Å². The summed E-state index contributed by atoms with van der Waals surface area (Å²) >= 11 is 0. The molecule has 0 amide bonds. The van der Waals surface area contributed by atoms with Crippen LogP contribution in [0.2, 0.25) is 0 Å². The molecule has 3 aliphatic heterocycles. The summed E-state index contributed by atoms with van der Waals surface area (Å²) in [7, 11) is 0. The van der Waals surface area contributed by atoms with Gasteiger partial charge in [0.05, 0.1) is 36.5 Å². The molecule has 1 unspecified atom stereocenters. The van der Waals surface area contributed by atoms with Gasteiger partial charge in [-0.05, 0) is 55.9 Å². The second kappa shape index (κ2) is 8.19. The maximum absolute atomic E-state index is 13.7. The summed E-state index contributed by atoms with van der Waals surface area (Å²) in [6.07, 6.45) is 6.59. The summed E-state index contributed by atoms with van der Waals surface area (Å²) in [6.45, 7) is 5.27. The molecule has 5 rings (SSSR count). The van der Waals surface area contributed by atoms with E-state index in [-0.39, 0.29) is 5.82 Å². The number of halogens is 1. The van der Waals surface area contributed by atoms with Gasteiger partial charge in [-0.3, -0.25) is 4.98 Å². The fraction of sp³-hybridized carbons (Fsp3) is 0.522. The summed E-state index contributed by atoms with van der Waals surface area (Å²) in [5.74, 6) is 0.486. The number of rotatable bonds is 2. The van der Waals surface area contributed by atoms with Crippen molar-refractivity contribution in [2.24, 2.45) is 5.92 Å². The molecule has 6 heteroatoms. The third kappa shape index (κ3) is 4.04. The molecule has 0 bridgehead atoms. The van der Waals surface area contributed by atoms with Gasteiger partial charge in [0.1, 0.15) is 5.82 Å². The predicted molar refractivity (Wildman–Crippen MR) is 114 cm³/mol. The fourth-order valence-electron chi connectivity index (χ4n) is 4.95. The van der Waals surface area contributed by atoms with E-state index in [4.69, 9.17) is 9.72 Å². The lowest BCUT2D eigenvalue weighted by Gasteiger charge is -2.42. The Morgan fingerprint density at radius 2 is 1.93 bits per heavy atom. The van der Waals surface area contributed by atoms with E-state index in [2.05, 4.69) is 21.2 Å². The number of ether oxygens (including phenoxy) is 1. The van der Waals surface area contributed by atoms with Crippen molar-refractivity contribution < 1.29 is 9.13 Å². The van der Waals surface area contributed by atoms with Crippen molar-refractivity contribution in [3.05, 3.63) is 48.0 Å². The summed E-state index contributed by atoms with van der Waals surface area (Å²) in [4.78, 5) is 9.49. The molecule has 2 saturated heterocycles. The highest BCUT2D eigenvalue weighted by Gasteiger charge is 2.31. The maximum atomic E-state index is 13.7. The molecule has 29 heavy (non-hydrogen) atoms. The van der Waals surface area contributed by atoms with Crippen LogP contribution in [0.25, 0.3) is 0 Å². The standard InChI is InChI=1S/C23H29FN4O/c24-18-4-2-5-19(13-18)28-8-7-17-3-1-6-21-22(26-23(17)16-28)14-20(15-25-21)27-9-11-29-12-10-27/h2,4-5,13-15,17,23,26H,1,3,6-12,16H2/t17?,23-/m0/s1. The number of piperidine rings is 1. The molecule has 4 heterocycles. The summed E-state index contributed by atoms with van der Waals surface area (Å²) in [5, 5.41) is 3.84. The van der Waals surface area contributed by atoms with Gasteiger partial charge >= 0.3 is 0 Å². The first kappa shape index (κ1) is 18.7. The molecular weight excluding hydrogens is 367 g/mol.